The second-order valence-corrected chi connectivity index (χ2v) is 5.01. The molecule has 2 nitrogen and oxygen atoms in total. The van der Waals surface area contributed by atoms with Crippen LogP contribution in [0.1, 0.15) is 37.9 Å². The molecular formula is C15H25NO. The summed E-state index contributed by atoms with van der Waals surface area (Å²) in [5.41, 5.74) is 2.77. The second-order valence-electron chi connectivity index (χ2n) is 5.01. The van der Waals surface area contributed by atoms with Crippen LogP contribution in [-0.2, 0) is 11.2 Å². The topological polar surface area (TPSA) is 21.3 Å². The third kappa shape index (κ3) is 5.33. The van der Waals surface area contributed by atoms with Crippen molar-refractivity contribution in [2.24, 2.45) is 5.92 Å². The molecule has 0 spiro atoms. The first-order valence-electron chi connectivity index (χ1n) is 6.44. The summed E-state index contributed by atoms with van der Waals surface area (Å²) in [6.07, 6.45) is 1.16. The van der Waals surface area contributed by atoms with E-state index >= 15 is 0 Å². The van der Waals surface area contributed by atoms with Crippen molar-refractivity contribution in [1.82, 2.24) is 5.32 Å². The van der Waals surface area contributed by atoms with Crippen LogP contribution >= 0.6 is 0 Å². The van der Waals surface area contributed by atoms with Crippen LogP contribution in [0.15, 0.2) is 24.3 Å². The van der Waals surface area contributed by atoms with Crippen LogP contribution in [0.2, 0.25) is 0 Å². The molecule has 0 heterocycles. The summed E-state index contributed by atoms with van der Waals surface area (Å²) >= 11 is 0. The van der Waals surface area contributed by atoms with Crippen molar-refractivity contribution in [3.8, 4) is 0 Å². The van der Waals surface area contributed by atoms with Crippen molar-refractivity contribution in [2.45, 2.75) is 33.2 Å². The normalized spacial score (nSPS) is 13.0. The van der Waals surface area contributed by atoms with E-state index in [-0.39, 0.29) is 0 Å². The lowest BCUT2D eigenvalue weighted by atomic mass is 10.00. The third-order valence-corrected chi connectivity index (χ3v) is 2.88. The first-order valence-corrected chi connectivity index (χ1v) is 6.44. The van der Waals surface area contributed by atoms with Crippen LogP contribution in [0, 0.1) is 5.92 Å². The fourth-order valence-corrected chi connectivity index (χ4v) is 1.91. The smallest absolute Gasteiger partial charge is 0.0587 e. The van der Waals surface area contributed by atoms with E-state index in [2.05, 4.69) is 50.4 Å². The number of methoxy groups -OCH3 is 1. The molecule has 0 fully saturated rings. The summed E-state index contributed by atoms with van der Waals surface area (Å²) < 4.78 is 5.03. The van der Waals surface area contributed by atoms with Crippen LogP contribution in [0.25, 0.3) is 0 Å². The van der Waals surface area contributed by atoms with Crippen molar-refractivity contribution >= 4 is 0 Å². The van der Waals surface area contributed by atoms with Gasteiger partial charge in [-0.3, -0.25) is 0 Å². The Morgan fingerprint density at radius 2 is 1.76 bits per heavy atom. The zero-order valence-electron chi connectivity index (χ0n) is 11.5. The molecule has 1 unspecified atom stereocenters. The van der Waals surface area contributed by atoms with Gasteiger partial charge in [0.1, 0.15) is 0 Å². The summed E-state index contributed by atoms with van der Waals surface area (Å²) in [4.78, 5) is 0. The number of hydrogen-bond donors (Lipinski definition) is 1. The van der Waals surface area contributed by atoms with Crippen LogP contribution in [0.5, 0.6) is 0 Å². The van der Waals surface area contributed by atoms with Crippen molar-refractivity contribution in [3.63, 3.8) is 0 Å². The number of rotatable bonds is 7. The molecule has 0 aliphatic rings. The van der Waals surface area contributed by atoms with E-state index in [1.54, 1.807) is 7.11 Å². The first-order chi connectivity index (χ1) is 8.13. The van der Waals surface area contributed by atoms with E-state index in [4.69, 9.17) is 4.74 Å². The Morgan fingerprint density at radius 1 is 1.12 bits per heavy atom. The second kappa shape index (κ2) is 7.46. The lowest BCUT2D eigenvalue weighted by Gasteiger charge is -2.14. The quantitative estimate of drug-likeness (QED) is 0.733. The number of benzene rings is 1. The van der Waals surface area contributed by atoms with Gasteiger partial charge >= 0.3 is 0 Å². The zero-order valence-corrected chi connectivity index (χ0v) is 11.5. The fourth-order valence-electron chi connectivity index (χ4n) is 1.91. The number of nitrogens with one attached hydrogen (secondary N) is 1. The Kier molecular flexibility index (Phi) is 6.23. The molecule has 0 saturated heterocycles. The minimum atomic E-state index is 0.387. The first kappa shape index (κ1) is 14.2. The predicted octanol–water partition coefficient (Wildman–Crippen LogP) is 3.18. The number of hydrogen-bond acceptors (Lipinski definition) is 2. The average Bonchev–Trinajstić information content (AvgIpc) is 2.29. The molecular weight excluding hydrogens is 210 g/mol. The SMILES string of the molecule is COCCNC(C)c1ccc(CC(C)C)cc1. The molecule has 0 aliphatic heterocycles. The highest BCUT2D eigenvalue weighted by molar-refractivity contribution is 5.25. The van der Waals surface area contributed by atoms with Crippen LogP contribution < -0.4 is 5.32 Å². The van der Waals surface area contributed by atoms with E-state index in [1.165, 1.54) is 11.1 Å². The van der Waals surface area contributed by atoms with Gasteiger partial charge in [0.15, 0.2) is 0 Å². The van der Waals surface area contributed by atoms with Gasteiger partial charge in [-0.25, -0.2) is 0 Å². The maximum absolute atomic E-state index is 5.03. The minimum Gasteiger partial charge on any atom is -0.383 e. The molecule has 1 rings (SSSR count). The Bertz CT molecular complexity index is 305. The van der Waals surface area contributed by atoms with Crippen LogP contribution in [-0.4, -0.2) is 20.3 Å². The van der Waals surface area contributed by atoms with Crippen LogP contribution in [0.3, 0.4) is 0 Å². The van der Waals surface area contributed by atoms with Gasteiger partial charge in [0, 0.05) is 19.7 Å². The predicted molar refractivity (Wildman–Crippen MR) is 73.3 cm³/mol. The third-order valence-electron chi connectivity index (χ3n) is 2.88. The maximum Gasteiger partial charge on any atom is 0.0587 e. The molecule has 0 bridgehead atoms. The summed E-state index contributed by atoms with van der Waals surface area (Å²) in [5, 5.41) is 3.44. The largest absolute Gasteiger partial charge is 0.383 e. The summed E-state index contributed by atoms with van der Waals surface area (Å²) in [5.74, 6) is 0.720. The highest BCUT2D eigenvalue weighted by Crippen LogP contribution is 2.15. The number of ether oxygens (including phenoxy) is 1. The highest BCUT2D eigenvalue weighted by Gasteiger charge is 2.04. The van der Waals surface area contributed by atoms with Gasteiger partial charge in [-0.2, -0.15) is 0 Å². The monoisotopic (exact) mass is 235 g/mol. The molecule has 17 heavy (non-hydrogen) atoms. The molecule has 0 saturated carbocycles. The molecule has 0 amide bonds. The molecule has 1 aromatic carbocycles. The molecule has 1 atom stereocenters. The Balaban J connectivity index is 2.48. The van der Waals surface area contributed by atoms with E-state index in [1.807, 2.05) is 0 Å². The standard InChI is InChI=1S/C15H25NO/c1-12(2)11-14-5-7-15(8-6-14)13(3)16-9-10-17-4/h5-8,12-13,16H,9-11H2,1-4H3. The summed E-state index contributed by atoms with van der Waals surface area (Å²) in [7, 11) is 1.73. The molecule has 0 aromatic heterocycles. The molecule has 2 heteroatoms. The van der Waals surface area contributed by atoms with Gasteiger partial charge in [-0.05, 0) is 30.4 Å². The lowest BCUT2D eigenvalue weighted by Crippen LogP contribution is -2.22. The van der Waals surface area contributed by atoms with Crippen LogP contribution in [0.4, 0.5) is 0 Å². The Labute approximate surface area is 105 Å². The molecule has 0 aliphatic carbocycles. The molecule has 96 valence electrons. The van der Waals surface area contributed by atoms with Gasteiger partial charge in [-0.1, -0.05) is 38.1 Å². The Morgan fingerprint density at radius 3 is 2.29 bits per heavy atom. The van der Waals surface area contributed by atoms with Crippen molar-refractivity contribution < 1.29 is 4.74 Å². The minimum absolute atomic E-state index is 0.387. The van der Waals surface area contributed by atoms with E-state index in [9.17, 15) is 0 Å². The summed E-state index contributed by atoms with van der Waals surface area (Å²) in [6.45, 7) is 8.35. The van der Waals surface area contributed by atoms with Gasteiger partial charge in [-0.15, -0.1) is 0 Å². The summed E-state index contributed by atoms with van der Waals surface area (Å²) in [6, 6.07) is 9.32. The van der Waals surface area contributed by atoms with Crippen molar-refractivity contribution in [3.05, 3.63) is 35.4 Å². The zero-order chi connectivity index (χ0) is 12.7. The Hall–Kier alpha value is -0.860. The van der Waals surface area contributed by atoms with Gasteiger partial charge in [0.2, 0.25) is 0 Å². The highest BCUT2D eigenvalue weighted by atomic mass is 16.5. The maximum atomic E-state index is 5.03. The van der Waals surface area contributed by atoms with Gasteiger partial charge in [0.25, 0.3) is 0 Å². The molecule has 1 N–H and O–H groups in total. The van der Waals surface area contributed by atoms with Gasteiger partial charge < -0.3 is 10.1 Å². The lowest BCUT2D eigenvalue weighted by molar-refractivity contribution is 0.196. The van der Waals surface area contributed by atoms with Crippen molar-refractivity contribution in [2.75, 3.05) is 20.3 Å². The molecule has 0 radical (unpaired) electrons. The fraction of sp³-hybridized carbons (Fsp3) is 0.600. The van der Waals surface area contributed by atoms with E-state index in [0.717, 1.165) is 25.5 Å². The van der Waals surface area contributed by atoms with E-state index in [0.29, 0.717) is 6.04 Å². The van der Waals surface area contributed by atoms with Gasteiger partial charge in [0.05, 0.1) is 6.61 Å². The van der Waals surface area contributed by atoms with E-state index < -0.39 is 0 Å². The average molecular weight is 235 g/mol. The molecule has 1 aromatic rings. The van der Waals surface area contributed by atoms with Crippen molar-refractivity contribution in [1.29, 1.82) is 0 Å².